The normalized spacial score (nSPS) is 22.9. The van der Waals surface area contributed by atoms with Crippen LogP contribution in [0.25, 0.3) is 0 Å². The third-order valence-corrected chi connectivity index (χ3v) is 8.73. The van der Waals surface area contributed by atoms with Crippen molar-refractivity contribution in [3.05, 3.63) is 81.4 Å². The summed E-state index contributed by atoms with van der Waals surface area (Å²) in [5.41, 5.74) is 0.738. The monoisotopic (exact) mass is 598 g/mol. The molecule has 2 aliphatic rings. The molecule has 0 aliphatic carbocycles. The molecular weight excluding hydrogens is 565 g/mol. The summed E-state index contributed by atoms with van der Waals surface area (Å²) >= 11 is 6.07. The molecule has 3 atom stereocenters. The van der Waals surface area contributed by atoms with Gasteiger partial charge in [-0.05, 0) is 42.7 Å². The minimum Gasteiger partial charge on any atom is -0.497 e. The van der Waals surface area contributed by atoms with Gasteiger partial charge >= 0.3 is 6.09 Å². The van der Waals surface area contributed by atoms with E-state index < -0.39 is 23.7 Å². The molecule has 0 saturated carbocycles. The highest BCUT2D eigenvalue weighted by Gasteiger charge is 2.45. The number of rotatable bonds is 5. The molecule has 2 fully saturated rings. The fraction of sp³-hybridized carbons (Fsp3) is 0.400. The second-order valence-electron chi connectivity index (χ2n) is 10.9. The van der Waals surface area contributed by atoms with Crippen LogP contribution in [0.3, 0.4) is 0 Å². The molecule has 10 nitrogen and oxygen atoms in total. The molecule has 1 unspecified atom stereocenters. The third kappa shape index (κ3) is 5.71. The smallest absolute Gasteiger partial charge is 0.497 e. The van der Waals surface area contributed by atoms with E-state index in [1.807, 2.05) is 4.90 Å². The Morgan fingerprint density at radius 1 is 1.05 bits per heavy atom. The number of carbonyl (C=O) groups excluding carboxylic acids is 1. The predicted octanol–water partition coefficient (Wildman–Crippen LogP) is 4.11. The van der Waals surface area contributed by atoms with Crippen LogP contribution in [0.2, 0.25) is 5.02 Å². The van der Waals surface area contributed by atoms with Crippen LogP contribution in [-0.2, 0) is 11.8 Å². The van der Waals surface area contributed by atoms with E-state index in [9.17, 15) is 19.5 Å². The van der Waals surface area contributed by atoms with Gasteiger partial charge in [-0.15, -0.1) is 0 Å². The Balaban J connectivity index is 1.46. The first kappa shape index (κ1) is 29.5. The van der Waals surface area contributed by atoms with Gasteiger partial charge in [-0.3, -0.25) is 9.59 Å². The SMILES string of the molecule is COc1ccc([C@@H]2CN(c3ccc(=O)n(C)n3)C[C@H]2C(=O)N2CCCC[N+](C(=O)O)(c3ccc(Cl)cc3)CC2)c(F)c1. The zero-order valence-electron chi connectivity index (χ0n) is 23.6. The molecule has 0 bridgehead atoms. The number of anilines is 1. The second kappa shape index (κ2) is 12.1. The van der Waals surface area contributed by atoms with E-state index in [0.29, 0.717) is 60.3 Å². The van der Waals surface area contributed by atoms with Crippen LogP contribution in [0.4, 0.5) is 20.7 Å². The Bertz CT molecular complexity index is 1530. The number of halogens is 2. The highest BCUT2D eigenvalue weighted by molar-refractivity contribution is 6.30. The molecule has 3 heterocycles. The molecule has 5 rings (SSSR count). The van der Waals surface area contributed by atoms with Crippen molar-refractivity contribution >= 4 is 35.1 Å². The average Bonchev–Trinajstić information content (AvgIpc) is 3.40. The summed E-state index contributed by atoms with van der Waals surface area (Å²) in [5.74, 6) is -0.851. The molecule has 12 heteroatoms. The van der Waals surface area contributed by atoms with Crippen molar-refractivity contribution in [2.45, 2.75) is 18.8 Å². The van der Waals surface area contributed by atoms with Gasteiger partial charge in [-0.25, -0.2) is 9.07 Å². The molecule has 2 saturated heterocycles. The van der Waals surface area contributed by atoms with Gasteiger partial charge in [0.1, 0.15) is 29.6 Å². The lowest BCUT2D eigenvalue weighted by Crippen LogP contribution is -2.59. The van der Waals surface area contributed by atoms with Crippen molar-refractivity contribution in [2.75, 3.05) is 51.3 Å². The van der Waals surface area contributed by atoms with E-state index in [1.54, 1.807) is 54.4 Å². The van der Waals surface area contributed by atoms with Gasteiger partial charge in [0.15, 0.2) is 0 Å². The van der Waals surface area contributed by atoms with Gasteiger partial charge < -0.3 is 19.6 Å². The number of nitrogens with zero attached hydrogens (tertiary/aromatic N) is 5. The summed E-state index contributed by atoms with van der Waals surface area (Å²) in [6, 6.07) is 14.5. The van der Waals surface area contributed by atoms with Gasteiger partial charge in [-0.2, -0.15) is 14.4 Å². The standard InChI is InChI=1S/C30H33ClFN5O5/c1-34-28(38)12-11-27(33-34)36-18-24(23-10-9-22(42-2)17-26(23)32)25(19-36)29(39)35-13-3-4-15-37(16-14-35,30(40)41)21-7-5-20(31)6-8-21/h5-12,17,24-25H,3-4,13-16,18-19H2,1-2H3/p+1/t24-,25+,37?/m0/s1. The van der Waals surface area contributed by atoms with Crippen molar-refractivity contribution in [1.29, 1.82) is 0 Å². The quantitative estimate of drug-likeness (QED) is 0.441. The zero-order chi connectivity index (χ0) is 30.0. The van der Waals surface area contributed by atoms with Crippen LogP contribution < -0.4 is 19.7 Å². The lowest BCUT2D eigenvalue weighted by atomic mass is 9.87. The lowest BCUT2D eigenvalue weighted by Gasteiger charge is -2.37. The van der Waals surface area contributed by atoms with Crippen LogP contribution in [0.5, 0.6) is 5.75 Å². The largest absolute Gasteiger partial charge is 0.518 e. The first-order valence-corrected chi connectivity index (χ1v) is 14.3. The highest BCUT2D eigenvalue weighted by Crippen LogP contribution is 2.38. The first-order valence-electron chi connectivity index (χ1n) is 13.9. The molecule has 2 aliphatic heterocycles. The average molecular weight is 599 g/mol. The van der Waals surface area contributed by atoms with E-state index in [1.165, 1.54) is 23.9 Å². The summed E-state index contributed by atoms with van der Waals surface area (Å²) in [6.45, 7) is 1.87. The number of amides is 2. The van der Waals surface area contributed by atoms with Crippen LogP contribution in [0.15, 0.2) is 59.4 Å². The molecule has 3 aromatic rings. The Kier molecular flexibility index (Phi) is 8.51. The number of carbonyl (C=O) groups is 2. The van der Waals surface area contributed by atoms with Crippen molar-refractivity contribution in [3.63, 3.8) is 0 Å². The van der Waals surface area contributed by atoms with Gasteiger partial charge in [0, 0.05) is 61.9 Å². The maximum atomic E-state index is 15.4. The van der Waals surface area contributed by atoms with Crippen molar-refractivity contribution in [1.82, 2.24) is 19.2 Å². The van der Waals surface area contributed by atoms with Gasteiger partial charge in [0.25, 0.3) is 5.56 Å². The number of quaternary nitrogens is 1. The molecule has 2 amide bonds. The predicted molar refractivity (Wildman–Crippen MR) is 158 cm³/mol. The number of methoxy groups -OCH3 is 1. The van der Waals surface area contributed by atoms with Crippen LogP contribution >= 0.6 is 11.6 Å². The number of aromatic nitrogens is 2. The molecular formula is C30H34ClFN5O5+. The molecule has 1 N–H and O–H groups in total. The number of hydrogen-bond donors (Lipinski definition) is 1. The number of benzene rings is 2. The molecule has 42 heavy (non-hydrogen) atoms. The Morgan fingerprint density at radius 3 is 2.48 bits per heavy atom. The Morgan fingerprint density at radius 2 is 1.81 bits per heavy atom. The fourth-order valence-corrected chi connectivity index (χ4v) is 6.22. The van der Waals surface area contributed by atoms with Crippen LogP contribution in [0.1, 0.15) is 24.3 Å². The fourth-order valence-electron chi connectivity index (χ4n) is 6.09. The van der Waals surface area contributed by atoms with Gasteiger partial charge in [0.2, 0.25) is 5.91 Å². The maximum Gasteiger partial charge on any atom is 0.518 e. The summed E-state index contributed by atoms with van der Waals surface area (Å²) in [5, 5.41) is 15.3. The van der Waals surface area contributed by atoms with E-state index in [2.05, 4.69) is 5.10 Å². The summed E-state index contributed by atoms with van der Waals surface area (Å²) in [6.07, 6.45) is 0.249. The van der Waals surface area contributed by atoms with Gasteiger partial charge in [0.05, 0.1) is 26.1 Å². The van der Waals surface area contributed by atoms with Gasteiger partial charge in [-0.1, -0.05) is 17.7 Å². The van der Waals surface area contributed by atoms with E-state index in [0.717, 1.165) is 0 Å². The molecule has 0 radical (unpaired) electrons. The highest BCUT2D eigenvalue weighted by atomic mass is 35.5. The molecule has 222 valence electrons. The summed E-state index contributed by atoms with van der Waals surface area (Å²) < 4.78 is 21.5. The minimum absolute atomic E-state index is 0.163. The lowest BCUT2D eigenvalue weighted by molar-refractivity contribution is -0.135. The van der Waals surface area contributed by atoms with E-state index in [4.69, 9.17) is 16.3 Å². The van der Waals surface area contributed by atoms with E-state index >= 15 is 4.39 Å². The van der Waals surface area contributed by atoms with Crippen LogP contribution in [0, 0.1) is 11.7 Å². The number of aryl methyl sites for hydroxylation is 1. The maximum absolute atomic E-state index is 15.4. The number of ether oxygens (including phenoxy) is 1. The second-order valence-corrected chi connectivity index (χ2v) is 11.3. The zero-order valence-corrected chi connectivity index (χ0v) is 24.3. The molecule has 0 spiro atoms. The summed E-state index contributed by atoms with van der Waals surface area (Å²) in [7, 11) is 3.02. The first-order chi connectivity index (χ1) is 20.1. The molecule has 1 aromatic heterocycles. The van der Waals surface area contributed by atoms with Crippen molar-refractivity contribution < 1.29 is 23.8 Å². The summed E-state index contributed by atoms with van der Waals surface area (Å²) in [4.78, 5) is 42.5. The van der Waals surface area contributed by atoms with E-state index in [-0.39, 0.29) is 35.6 Å². The number of hydrogen-bond acceptors (Lipinski definition) is 6. The Labute approximate surface area is 248 Å². The third-order valence-electron chi connectivity index (χ3n) is 8.48. The minimum atomic E-state index is -0.988. The van der Waals surface area contributed by atoms with Crippen molar-refractivity contribution in [3.8, 4) is 5.75 Å². The topological polar surface area (TPSA) is 105 Å². The van der Waals surface area contributed by atoms with Crippen LogP contribution in [-0.4, -0.2) is 78.2 Å². The molecule has 2 aromatic carbocycles. The van der Waals surface area contributed by atoms with Crippen molar-refractivity contribution in [2.24, 2.45) is 13.0 Å². The number of carboxylic acid groups (broad SMARTS) is 1. The Hall–Kier alpha value is -3.96.